The van der Waals surface area contributed by atoms with Gasteiger partial charge in [-0.25, -0.2) is 0 Å². The number of carbonyl (C=O) groups excluding carboxylic acids is 1. The Kier molecular flexibility index (Phi) is 2.82. The number of hydrogen-bond acceptors (Lipinski definition) is 4. The van der Waals surface area contributed by atoms with Crippen molar-refractivity contribution in [2.75, 3.05) is 6.61 Å². The highest BCUT2D eigenvalue weighted by Gasteiger charge is 2.61. The van der Waals surface area contributed by atoms with E-state index in [-0.39, 0.29) is 18.9 Å². The van der Waals surface area contributed by atoms with Crippen molar-refractivity contribution in [1.29, 1.82) is 0 Å². The maximum Gasteiger partial charge on any atom is 0.167 e. The van der Waals surface area contributed by atoms with E-state index in [0.717, 1.165) is 5.57 Å². The molecule has 4 heteroatoms. The van der Waals surface area contributed by atoms with E-state index in [1.807, 2.05) is 0 Å². The fraction of sp³-hybridized carbons (Fsp3) is 0.842. The Balaban J connectivity index is 1.84. The van der Waals surface area contributed by atoms with E-state index in [4.69, 9.17) is 4.11 Å². The maximum absolute atomic E-state index is 12.7. The van der Waals surface area contributed by atoms with Crippen molar-refractivity contribution in [3.05, 3.63) is 11.6 Å². The number of rotatable bonds is 1. The normalized spacial score (nSPS) is 59.7. The summed E-state index contributed by atoms with van der Waals surface area (Å²) in [4.78, 5) is 12.7. The van der Waals surface area contributed by atoms with Crippen LogP contribution in [0.1, 0.15) is 55.9 Å². The van der Waals surface area contributed by atoms with Gasteiger partial charge in [-0.2, -0.15) is 0 Å². The number of ketones is 1. The highest BCUT2D eigenvalue weighted by atomic mass is 16.3. The van der Waals surface area contributed by atoms with Gasteiger partial charge >= 0.3 is 0 Å². The highest BCUT2D eigenvalue weighted by Crippen LogP contribution is 2.63. The Morgan fingerprint density at radius 1 is 1.35 bits per heavy atom. The van der Waals surface area contributed by atoms with Gasteiger partial charge in [0.1, 0.15) is 6.08 Å². The lowest BCUT2D eigenvalue weighted by Crippen LogP contribution is -2.53. The van der Waals surface area contributed by atoms with Crippen LogP contribution in [0.2, 0.25) is 0 Å². The second-order valence-corrected chi connectivity index (χ2v) is 8.22. The molecule has 4 aliphatic carbocycles. The number of aliphatic hydroxyl groups is 3. The average molecular weight is 323 g/mol. The van der Waals surface area contributed by atoms with Gasteiger partial charge in [-0.3, -0.25) is 4.79 Å². The molecule has 7 atom stereocenters. The van der Waals surface area contributed by atoms with Crippen LogP contribution in [0.3, 0.4) is 0 Å². The van der Waals surface area contributed by atoms with E-state index >= 15 is 0 Å². The Labute approximate surface area is 141 Å². The van der Waals surface area contributed by atoms with Crippen molar-refractivity contribution in [1.82, 2.24) is 0 Å². The van der Waals surface area contributed by atoms with Gasteiger partial charge in [-0.15, -0.1) is 0 Å². The predicted molar refractivity (Wildman–Crippen MR) is 85.5 cm³/mol. The first-order valence-corrected chi connectivity index (χ1v) is 8.76. The standard InChI is InChI=1S/C19H28O4/c1-18-6-5-14-13(15(18)9-16(22)17(18)23)3-2-11-8-12(21)4-7-19(11,14)10-20/h2,12-16,20-22H,3-10H2,1H3/t12-,13+,14-,15-,16+,18-,19+/m0/s1/i3D2,16D. The summed E-state index contributed by atoms with van der Waals surface area (Å²) >= 11 is 0. The summed E-state index contributed by atoms with van der Waals surface area (Å²) in [5, 5.41) is 30.7. The molecule has 3 saturated carbocycles. The van der Waals surface area contributed by atoms with Crippen molar-refractivity contribution >= 4 is 5.78 Å². The first kappa shape index (κ1) is 12.6. The molecule has 0 aromatic heterocycles. The fourth-order valence-corrected chi connectivity index (χ4v) is 5.88. The number of hydrogen-bond donors (Lipinski definition) is 3. The second-order valence-electron chi connectivity index (χ2n) is 8.22. The number of Topliss-reactive ketones (excluding diaryl/α,β-unsaturated/α-hetero) is 1. The molecule has 0 heterocycles. The lowest BCUT2D eigenvalue weighted by Gasteiger charge is -2.57. The average Bonchev–Trinajstić information content (AvgIpc) is 2.73. The van der Waals surface area contributed by atoms with E-state index in [1.165, 1.54) is 0 Å². The summed E-state index contributed by atoms with van der Waals surface area (Å²) in [6.07, 6.45) is -0.156. The Hall–Kier alpha value is -0.710. The van der Waals surface area contributed by atoms with Gasteiger partial charge in [0.2, 0.25) is 0 Å². The molecule has 4 nitrogen and oxygen atoms in total. The Bertz CT molecular complexity index is 676. The number of allylic oxidation sites excluding steroid dienone is 1. The maximum atomic E-state index is 12.7. The third-order valence-electron chi connectivity index (χ3n) is 7.31. The van der Waals surface area contributed by atoms with Crippen LogP contribution in [0.25, 0.3) is 0 Å². The summed E-state index contributed by atoms with van der Waals surface area (Å²) < 4.78 is 25.5. The van der Waals surface area contributed by atoms with Crippen LogP contribution >= 0.6 is 0 Å². The van der Waals surface area contributed by atoms with Gasteiger partial charge in [-0.1, -0.05) is 18.6 Å². The van der Waals surface area contributed by atoms with Gasteiger partial charge in [0, 0.05) is 13.6 Å². The van der Waals surface area contributed by atoms with Crippen molar-refractivity contribution in [3.63, 3.8) is 0 Å². The molecule has 0 aromatic rings. The van der Waals surface area contributed by atoms with Crippen LogP contribution in [0.15, 0.2) is 11.6 Å². The molecule has 0 amide bonds. The fourth-order valence-electron chi connectivity index (χ4n) is 5.88. The number of carbonyl (C=O) groups is 1. The third-order valence-corrected chi connectivity index (χ3v) is 7.31. The van der Waals surface area contributed by atoms with E-state index in [1.54, 1.807) is 13.0 Å². The minimum Gasteiger partial charge on any atom is -0.395 e. The summed E-state index contributed by atoms with van der Waals surface area (Å²) in [5.41, 5.74) is -0.636. The number of fused-ring (bicyclic) bond motifs is 5. The molecule has 4 aliphatic rings. The molecule has 0 unspecified atom stereocenters. The van der Waals surface area contributed by atoms with Crippen LogP contribution in [0.4, 0.5) is 0 Å². The van der Waals surface area contributed by atoms with E-state index in [2.05, 4.69) is 0 Å². The molecular formula is C19H28O4. The quantitative estimate of drug-likeness (QED) is 0.643. The molecule has 0 spiro atoms. The first-order chi connectivity index (χ1) is 12.0. The zero-order chi connectivity index (χ0) is 19.1. The van der Waals surface area contributed by atoms with Crippen molar-refractivity contribution < 1.29 is 24.2 Å². The molecule has 0 bridgehead atoms. The second kappa shape index (κ2) is 5.14. The Morgan fingerprint density at radius 2 is 2.13 bits per heavy atom. The van der Waals surface area contributed by atoms with Crippen molar-refractivity contribution in [2.24, 2.45) is 28.6 Å². The van der Waals surface area contributed by atoms with Crippen LogP contribution in [-0.2, 0) is 4.79 Å². The molecular weight excluding hydrogens is 292 g/mol. The molecule has 3 fully saturated rings. The lowest BCUT2D eigenvalue weighted by molar-refractivity contribution is -0.137. The predicted octanol–water partition coefficient (Wildman–Crippen LogP) is 1.82. The molecule has 3 N–H and O–H groups in total. The van der Waals surface area contributed by atoms with Crippen molar-refractivity contribution in [3.8, 4) is 0 Å². The Morgan fingerprint density at radius 3 is 2.87 bits per heavy atom. The molecule has 4 rings (SSSR count). The van der Waals surface area contributed by atoms with Crippen LogP contribution in [0.5, 0.6) is 0 Å². The summed E-state index contributed by atoms with van der Waals surface area (Å²) in [6.45, 7) is 1.68. The van der Waals surface area contributed by atoms with Gasteiger partial charge in [-0.05, 0) is 62.7 Å². The van der Waals surface area contributed by atoms with Crippen LogP contribution in [0, 0.1) is 28.6 Å². The molecule has 0 aromatic carbocycles. The SMILES string of the molecule is [2H]C1([2H])C=C2C[C@@H](O)CC[C@]2(CO)[C@H]2CC[C@]3(C)C(=O)[C@]([2H])(O)C[C@H]3[C@@H]21. The molecule has 0 radical (unpaired) electrons. The summed E-state index contributed by atoms with van der Waals surface area (Å²) in [6, 6.07) is 0. The van der Waals surface area contributed by atoms with Gasteiger partial charge in [0.05, 0.1) is 14.1 Å². The van der Waals surface area contributed by atoms with Gasteiger partial charge < -0.3 is 15.3 Å². The minimum absolute atomic E-state index is 0.0453. The van der Waals surface area contributed by atoms with Gasteiger partial charge in [0.25, 0.3) is 0 Å². The smallest absolute Gasteiger partial charge is 0.167 e. The zero-order valence-electron chi connectivity index (χ0n) is 16.6. The highest BCUT2D eigenvalue weighted by molar-refractivity contribution is 5.91. The molecule has 0 saturated heterocycles. The minimum atomic E-state index is -2.15. The summed E-state index contributed by atoms with van der Waals surface area (Å²) in [5.74, 6) is -1.57. The molecule has 128 valence electrons. The van der Waals surface area contributed by atoms with Crippen LogP contribution < -0.4 is 0 Å². The van der Waals surface area contributed by atoms with Crippen molar-refractivity contribution in [2.45, 2.75) is 64.0 Å². The topological polar surface area (TPSA) is 77.8 Å². The van der Waals surface area contributed by atoms with E-state index in [0.29, 0.717) is 32.1 Å². The number of aliphatic hydroxyl groups excluding tert-OH is 2. The molecule has 0 aliphatic heterocycles. The van der Waals surface area contributed by atoms with E-state index < -0.39 is 47.0 Å². The molecule has 23 heavy (non-hydrogen) atoms. The summed E-state index contributed by atoms with van der Waals surface area (Å²) in [7, 11) is 0. The lowest BCUT2D eigenvalue weighted by atomic mass is 9.47. The monoisotopic (exact) mass is 323 g/mol. The largest absolute Gasteiger partial charge is 0.395 e. The third kappa shape index (κ3) is 1.98. The van der Waals surface area contributed by atoms with Crippen LogP contribution in [-0.4, -0.2) is 39.9 Å². The zero-order valence-corrected chi connectivity index (χ0v) is 13.6. The first-order valence-electron chi connectivity index (χ1n) is 10.3. The van der Waals surface area contributed by atoms with E-state index in [9.17, 15) is 20.1 Å². The van der Waals surface area contributed by atoms with Gasteiger partial charge in [0.15, 0.2) is 5.78 Å².